The van der Waals surface area contributed by atoms with Gasteiger partial charge in [-0.3, -0.25) is 4.90 Å². The summed E-state index contributed by atoms with van der Waals surface area (Å²) in [6, 6.07) is 18.3. The van der Waals surface area contributed by atoms with Crippen molar-refractivity contribution in [2.75, 3.05) is 18.0 Å². The van der Waals surface area contributed by atoms with E-state index in [1.54, 1.807) is 0 Å². The number of nitrogens with zero attached hydrogens (tertiary/aromatic N) is 2. The minimum atomic E-state index is 0.0550. The molecule has 2 aromatic carbocycles. The van der Waals surface area contributed by atoms with Gasteiger partial charge in [0.15, 0.2) is 0 Å². The Labute approximate surface area is 133 Å². The van der Waals surface area contributed by atoms with Crippen LogP contribution in [-0.4, -0.2) is 24.0 Å². The second-order valence-electron chi connectivity index (χ2n) is 5.37. The Bertz CT molecular complexity index is 610. The molecule has 3 heteroatoms. The normalized spacial score (nSPS) is 10.3. The molecule has 0 saturated heterocycles. The van der Waals surface area contributed by atoms with Crippen molar-refractivity contribution in [3.63, 3.8) is 0 Å². The van der Waals surface area contributed by atoms with Gasteiger partial charge in [0.2, 0.25) is 0 Å². The highest BCUT2D eigenvalue weighted by atomic mass is 16.2. The smallest absolute Gasteiger partial charge is 0.320 e. The van der Waals surface area contributed by atoms with E-state index in [2.05, 4.69) is 18.2 Å². The summed E-state index contributed by atoms with van der Waals surface area (Å²) in [5, 5.41) is 0. The fourth-order valence-corrected chi connectivity index (χ4v) is 2.51. The van der Waals surface area contributed by atoms with E-state index in [-0.39, 0.29) is 6.03 Å². The summed E-state index contributed by atoms with van der Waals surface area (Å²) in [6.45, 7) is 8.06. The molecule has 0 aliphatic carbocycles. The number of rotatable bonds is 5. The summed E-state index contributed by atoms with van der Waals surface area (Å²) in [6.07, 6.45) is 0. The van der Waals surface area contributed by atoms with Crippen LogP contribution in [0.4, 0.5) is 10.5 Å². The van der Waals surface area contributed by atoms with Crippen molar-refractivity contribution in [2.45, 2.75) is 27.3 Å². The summed E-state index contributed by atoms with van der Waals surface area (Å²) in [5.74, 6) is 0. The zero-order chi connectivity index (χ0) is 15.9. The van der Waals surface area contributed by atoms with Gasteiger partial charge < -0.3 is 4.90 Å². The Hall–Kier alpha value is -2.29. The van der Waals surface area contributed by atoms with E-state index in [1.807, 2.05) is 67.0 Å². The molecule has 116 valence electrons. The molecule has 0 aliphatic heterocycles. The first-order valence-electron chi connectivity index (χ1n) is 7.82. The molecule has 3 nitrogen and oxygen atoms in total. The number of amides is 2. The van der Waals surface area contributed by atoms with Crippen LogP contribution in [0.5, 0.6) is 0 Å². The van der Waals surface area contributed by atoms with Crippen molar-refractivity contribution in [2.24, 2.45) is 0 Å². The predicted octanol–water partition coefficient (Wildman–Crippen LogP) is 4.46. The summed E-state index contributed by atoms with van der Waals surface area (Å²) in [5.41, 5.74) is 3.27. The third kappa shape index (κ3) is 3.88. The Morgan fingerprint density at radius 3 is 2.27 bits per heavy atom. The number of anilines is 1. The minimum Gasteiger partial charge on any atom is -0.320 e. The van der Waals surface area contributed by atoms with Crippen LogP contribution in [0.3, 0.4) is 0 Å². The maximum absolute atomic E-state index is 12.9. The molecule has 2 aromatic rings. The lowest BCUT2D eigenvalue weighted by molar-refractivity contribution is 0.205. The van der Waals surface area contributed by atoms with Gasteiger partial charge >= 0.3 is 6.03 Å². The first kappa shape index (κ1) is 16.1. The van der Waals surface area contributed by atoms with Gasteiger partial charge in [0, 0.05) is 25.3 Å². The van der Waals surface area contributed by atoms with Gasteiger partial charge in [-0.15, -0.1) is 0 Å². The van der Waals surface area contributed by atoms with Crippen molar-refractivity contribution in [1.82, 2.24) is 4.90 Å². The molecule has 0 spiro atoms. The zero-order valence-corrected chi connectivity index (χ0v) is 13.6. The number of aryl methyl sites for hydroxylation is 1. The Balaban J connectivity index is 2.18. The highest BCUT2D eigenvalue weighted by Crippen LogP contribution is 2.18. The number of benzene rings is 2. The lowest BCUT2D eigenvalue weighted by atomic mass is 10.2. The maximum atomic E-state index is 12.9. The van der Waals surface area contributed by atoms with Crippen LogP contribution in [0.15, 0.2) is 54.6 Å². The van der Waals surface area contributed by atoms with E-state index >= 15 is 0 Å². The largest absolute Gasteiger partial charge is 0.324 e. The van der Waals surface area contributed by atoms with Gasteiger partial charge in [-0.25, -0.2) is 4.79 Å². The van der Waals surface area contributed by atoms with Crippen LogP contribution in [-0.2, 0) is 6.54 Å². The van der Waals surface area contributed by atoms with Crippen molar-refractivity contribution < 1.29 is 4.79 Å². The minimum absolute atomic E-state index is 0.0550. The fraction of sp³-hybridized carbons (Fsp3) is 0.316. The van der Waals surface area contributed by atoms with Crippen molar-refractivity contribution in [3.05, 3.63) is 65.7 Å². The monoisotopic (exact) mass is 296 g/mol. The highest BCUT2D eigenvalue weighted by molar-refractivity contribution is 5.92. The van der Waals surface area contributed by atoms with Crippen LogP contribution in [0.25, 0.3) is 0 Å². The Morgan fingerprint density at radius 1 is 0.955 bits per heavy atom. The van der Waals surface area contributed by atoms with Crippen LogP contribution in [0.1, 0.15) is 25.0 Å². The molecule has 0 bridgehead atoms. The van der Waals surface area contributed by atoms with Crippen LogP contribution in [0, 0.1) is 6.92 Å². The van der Waals surface area contributed by atoms with Crippen molar-refractivity contribution in [3.8, 4) is 0 Å². The molecule has 0 heterocycles. The van der Waals surface area contributed by atoms with Gasteiger partial charge in [0.05, 0.1) is 0 Å². The van der Waals surface area contributed by atoms with Gasteiger partial charge in [-0.2, -0.15) is 0 Å². The molecule has 0 unspecified atom stereocenters. The number of carbonyl (C=O) groups excluding carboxylic acids is 1. The molecule has 2 rings (SSSR count). The molecule has 0 N–H and O–H groups in total. The highest BCUT2D eigenvalue weighted by Gasteiger charge is 2.20. The van der Waals surface area contributed by atoms with Crippen LogP contribution < -0.4 is 4.90 Å². The van der Waals surface area contributed by atoms with Crippen LogP contribution >= 0.6 is 0 Å². The Morgan fingerprint density at radius 2 is 1.68 bits per heavy atom. The topological polar surface area (TPSA) is 23.6 Å². The first-order valence-corrected chi connectivity index (χ1v) is 7.82. The average Bonchev–Trinajstić information content (AvgIpc) is 2.54. The van der Waals surface area contributed by atoms with E-state index in [0.717, 1.165) is 16.8 Å². The lowest BCUT2D eigenvalue weighted by Crippen LogP contribution is -2.42. The van der Waals surface area contributed by atoms with Gasteiger partial charge in [-0.05, 0) is 44.0 Å². The molecule has 0 radical (unpaired) electrons. The van der Waals surface area contributed by atoms with E-state index in [1.165, 1.54) is 0 Å². The van der Waals surface area contributed by atoms with Gasteiger partial charge in [0.25, 0.3) is 0 Å². The summed E-state index contributed by atoms with van der Waals surface area (Å²) in [7, 11) is 0. The fourth-order valence-electron chi connectivity index (χ4n) is 2.51. The third-order valence-corrected chi connectivity index (χ3v) is 3.73. The van der Waals surface area contributed by atoms with E-state index in [0.29, 0.717) is 19.6 Å². The number of carbonyl (C=O) groups is 1. The van der Waals surface area contributed by atoms with E-state index in [4.69, 9.17) is 0 Å². The quantitative estimate of drug-likeness (QED) is 0.799. The molecule has 0 saturated carbocycles. The standard InChI is InChI=1S/C19H24N2O/c1-4-20(15-17-11-7-6-8-12-17)19(22)21(5-2)18-13-9-10-16(3)14-18/h6-14H,4-5,15H2,1-3H3. The predicted molar refractivity (Wildman–Crippen MR) is 92.1 cm³/mol. The summed E-state index contributed by atoms with van der Waals surface area (Å²) >= 11 is 0. The number of hydrogen-bond acceptors (Lipinski definition) is 1. The summed E-state index contributed by atoms with van der Waals surface area (Å²) in [4.78, 5) is 16.6. The number of hydrogen-bond donors (Lipinski definition) is 0. The lowest BCUT2D eigenvalue weighted by Gasteiger charge is -2.29. The molecule has 0 atom stereocenters. The summed E-state index contributed by atoms with van der Waals surface area (Å²) < 4.78 is 0. The van der Waals surface area contributed by atoms with Crippen LogP contribution in [0.2, 0.25) is 0 Å². The second kappa shape index (κ2) is 7.64. The molecule has 0 aromatic heterocycles. The SMILES string of the molecule is CCN(Cc1ccccc1)C(=O)N(CC)c1cccc(C)c1. The third-order valence-electron chi connectivity index (χ3n) is 3.73. The Kier molecular flexibility index (Phi) is 5.59. The van der Waals surface area contributed by atoms with Gasteiger partial charge in [0.1, 0.15) is 0 Å². The molecule has 0 fully saturated rings. The second-order valence-corrected chi connectivity index (χ2v) is 5.37. The van der Waals surface area contributed by atoms with E-state index in [9.17, 15) is 4.79 Å². The van der Waals surface area contributed by atoms with E-state index < -0.39 is 0 Å². The van der Waals surface area contributed by atoms with Gasteiger partial charge in [-0.1, -0.05) is 42.5 Å². The average molecular weight is 296 g/mol. The zero-order valence-electron chi connectivity index (χ0n) is 13.6. The molecular weight excluding hydrogens is 272 g/mol. The molecular formula is C19H24N2O. The molecule has 0 aliphatic rings. The van der Waals surface area contributed by atoms with Crippen molar-refractivity contribution >= 4 is 11.7 Å². The molecule has 22 heavy (non-hydrogen) atoms. The first-order chi connectivity index (χ1) is 10.7. The number of urea groups is 1. The maximum Gasteiger partial charge on any atom is 0.324 e. The van der Waals surface area contributed by atoms with Crippen molar-refractivity contribution in [1.29, 1.82) is 0 Å². The molecule has 2 amide bonds.